The Morgan fingerprint density at radius 3 is 2.59 bits per heavy atom. The normalized spacial score (nSPS) is 16.7. The molecule has 1 heterocycles. The molecule has 1 saturated carbocycles. The van der Waals surface area contributed by atoms with Gasteiger partial charge in [-0.25, -0.2) is 0 Å². The van der Waals surface area contributed by atoms with Gasteiger partial charge in [0.2, 0.25) is 11.7 Å². The summed E-state index contributed by atoms with van der Waals surface area (Å²) in [4.78, 5) is 4.45. The highest BCUT2D eigenvalue weighted by Gasteiger charge is 2.37. The van der Waals surface area contributed by atoms with Crippen molar-refractivity contribution < 1.29 is 14.0 Å². The molecule has 3 rings (SSSR count). The molecule has 0 amide bonds. The highest BCUT2D eigenvalue weighted by molar-refractivity contribution is 6.32. The monoisotopic (exact) mass is 323 g/mol. The Hall–Kier alpha value is -1.79. The number of nitrogens with zero attached hydrogens (tertiary/aromatic N) is 2. The third-order valence-corrected chi connectivity index (χ3v) is 4.32. The number of halogens is 1. The molecule has 1 fully saturated rings. The molecule has 22 heavy (non-hydrogen) atoms. The maximum atomic E-state index is 6.34. The summed E-state index contributed by atoms with van der Waals surface area (Å²) in [5.41, 5.74) is 6.52. The number of methoxy groups -OCH3 is 2. The second-order valence-electron chi connectivity index (χ2n) is 5.48. The van der Waals surface area contributed by atoms with Gasteiger partial charge < -0.3 is 19.7 Å². The minimum absolute atomic E-state index is 0.423. The molecule has 1 aliphatic carbocycles. The first kappa shape index (κ1) is 15.1. The van der Waals surface area contributed by atoms with E-state index in [4.69, 9.17) is 31.3 Å². The molecule has 0 unspecified atom stereocenters. The highest BCUT2D eigenvalue weighted by Crippen LogP contribution is 2.40. The van der Waals surface area contributed by atoms with Crippen molar-refractivity contribution >= 4 is 11.6 Å². The number of hydrogen-bond acceptors (Lipinski definition) is 6. The lowest BCUT2D eigenvalue weighted by Crippen LogP contribution is -2.33. The Balaban J connectivity index is 1.98. The zero-order valence-electron chi connectivity index (χ0n) is 12.6. The number of benzene rings is 1. The molecule has 1 aliphatic rings. The molecule has 0 aliphatic heterocycles. The van der Waals surface area contributed by atoms with Gasteiger partial charge in [-0.1, -0.05) is 29.6 Å². The molecule has 7 heteroatoms. The lowest BCUT2D eigenvalue weighted by Gasteiger charge is -2.17. The van der Waals surface area contributed by atoms with Crippen LogP contribution in [0, 0.1) is 0 Å². The van der Waals surface area contributed by atoms with Crippen LogP contribution in [0.15, 0.2) is 16.7 Å². The van der Waals surface area contributed by atoms with E-state index in [1.54, 1.807) is 19.2 Å². The van der Waals surface area contributed by atoms with Gasteiger partial charge in [-0.3, -0.25) is 0 Å². The van der Waals surface area contributed by atoms with E-state index in [9.17, 15) is 0 Å². The molecule has 2 N–H and O–H groups in total. The molecule has 0 spiro atoms. The second-order valence-corrected chi connectivity index (χ2v) is 5.89. The van der Waals surface area contributed by atoms with E-state index in [-0.39, 0.29) is 0 Å². The van der Waals surface area contributed by atoms with Crippen molar-refractivity contribution in [2.24, 2.45) is 5.73 Å². The van der Waals surface area contributed by atoms with Crippen molar-refractivity contribution in [3.63, 3.8) is 0 Å². The van der Waals surface area contributed by atoms with E-state index in [2.05, 4.69) is 10.1 Å². The molecule has 1 aromatic heterocycles. The van der Waals surface area contributed by atoms with Crippen LogP contribution in [-0.2, 0) is 5.54 Å². The summed E-state index contributed by atoms with van der Waals surface area (Å²) < 4.78 is 15.9. The fourth-order valence-corrected chi connectivity index (χ4v) is 3.10. The maximum absolute atomic E-state index is 6.34. The number of ether oxygens (including phenoxy) is 2. The minimum atomic E-state index is -0.508. The lowest BCUT2D eigenvalue weighted by molar-refractivity contribution is 0.285. The standard InChI is InChI=1S/C15H18ClN3O3/c1-20-11-8-9(7-10(16)12(11)21-2)13-18-14(22-19-13)15(17)5-3-4-6-15/h7-8H,3-6,17H2,1-2H3. The molecule has 1 aromatic carbocycles. The van der Waals surface area contributed by atoms with Gasteiger partial charge in [0.15, 0.2) is 11.5 Å². The van der Waals surface area contributed by atoms with Crippen molar-refractivity contribution in [1.29, 1.82) is 0 Å². The van der Waals surface area contributed by atoms with Gasteiger partial charge in [-0.2, -0.15) is 4.98 Å². The average Bonchev–Trinajstić information content (AvgIpc) is 3.16. The minimum Gasteiger partial charge on any atom is -0.493 e. The summed E-state index contributed by atoms with van der Waals surface area (Å²) in [6.07, 6.45) is 3.88. The summed E-state index contributed by atoms with van der Waals surface area (Å²) in [5, 5.41) is 4.45. The Morgan fingerprint density at radius 2 is 1.95 bits per heavy atom. The van der Waals surface area contributed by atoms with E-state index in [0.29, 0.717) is 33.8 Å². The summed E-state index contributed by atoms with van der Waals surface area (Å²) >= 11 is 6.21. The van der Waals surface area contributed by atoms with Crippen LogP contribution in [0.4, 0.5) is 0 Å². The summed E-state index contributed by atoms with van der Waals surface area (Å²) in [5.74, 6) is 1.91. The quantitative estimate of drug-likeness (QED) is 0.930. The molecule has 0 saturated heterocycles. The van der Waals surface area contributed by atoms with Crippen molar-refractivity contribution in [3.8, 4) is 22.9 Å². The topological polar surface area (TPSA) is 83.4 Å². The van der Waals surface area contributed by atoms with Crippen molar-refractivity contribution in [3.05, 3.63) is 23.0 Å². The van der Waals surface area contributed by atoms with Crippen LogP contribution in [0.3, 0.4) is 0 Å². The molecule has 0 radical (unpaired) electrons. The van der Waals surface area contributed by atoms with Gasteiger partial charge in [0.05, 0.1) is 24.8 Å². The predicted octanol–water partition coefficient (Wildman–Crippen LogP) is 3.14. The van der Waals surface area contributed by atoms with Crippen LogP contribution in [0.25, 0.3) is 11.4 Å². The van der Waals surface area contributed by atoms with Gasteiger partial charge in [0.25, 0.3) is 0 Å². The van der Waals surface area contributed by atoms with E-state index < -0.39 is 5.54 Å². The van der Waals surface area contributed by atoms with E-state index in [1.807, 2.05) is 0 Å². The largest absolute Gasteiger partial charge is 0.493 e. The van der Waals surface area contributed by atoms with Crippen LogP contribution in [0.1, 0.15) is 31.6 Å². The molecule has 2 aromatic rings. The van der Waals surface area contributed by atoms with E-state index in [0.717, 1.165) is 25.7 Å². The molecule has 6 nitrogen and oxygen atoms in total. The van der Waals surface area contributed by atoms with Crippen LogP contribution in [-0.4, -0.2) is 24.4 Å². The maximum Gasteiger partial charge on any atom is 0.247 e. The van der Waals surface area contributed by atoms with Crippen LogP contribution in [0.2, 0.25) is 5.02 Å². The number of aromatic nitrogens is 2. The van der Waals surface area contributed by atoms with Crippen LogP contribution in [0.5, 0.6) is 11.5 Å². The van der Waals surface area contributed by atoms with Crippen LogP contribution >= 0.6 is 11.6 Å². The van der Waals surface area contributed by atoms with E-state index >= 15 is 0 Å². The Kier molecular flexibility index (Phi) is 3.97. The zero-order valence-corrected chi connectivity index (χ0v) is 13.3. The van der Waals surface area contributed by atoms with Gasteiger partial charge in [-0.15, -0.1) is 0 Å². The summed E-state index contributed by atoms with van der Waals surface area (Å²) in [6, 6.07) is 3.48. The van der Waals surface area contributed by atoms with Gasteiger partial charge in [0, 0.05) is 5.56 Å². The SMILES string of the molecule is COc1cc(-c2noc(C3(N)CCCC3)n2)cc(Cl)c1OC. The Morgan fingerprint density at radius 1 is 1.23 bits per heavy atom. The van der Waals surface area contributed by atoms with Crippen molar-refractivity contribution in [2.45, 2.75) is 31.2 Å². The third kappa shape index (κ3) is 2.53. The summed E-state index contributed by atoms with van der Waals surface area (Å²) in [6.45, 7) is 0. The first-order valence-electron chi connectivity index (χ1n) is 7.12. The van der Waals surface area contributed by atoms with E-state index in [1.165, 1.54) is 7.11 Å². The highest BCUT2D eigenvalue weighted by atomic mass is 35.5. The third-order valence-electron chi connectivity index (χ3n) is 4.04. The Labute approximate surface area is 133 Å². The molecule has 0 atom stereocenters. The average molecular weight is 324 g/mol. The first-order valence-corrected chi connectivity index (χ1v) is 7.50. The molecule has 0 bridgehead atoms. The smallest absolute Gasteiger partial charge is 0.247 e. The van der Waals surface area contributed by atoms with Gasteiger partial charge >= 0.3 is 0 Å². The number of rotatable bonds is 4. The fourth-order valence-electron chi connectivity index (χ4n) is 2.81. The van der Waals surface area contributed by atoms with Gasteiger partial charge in [0.1, 0.15) is 0 Å². The Bertz CT molecular complexity index is 681. The van der Waals surface area contributed by atoms with Crippen molar-refractivity contribution in [1.82, 2.24) is 10.1 Å². The summed E-state index contributed by atoms with van der Waals surface area (Å²) in [7, 11) is 3.08. The predicted molar refractivity (Wildman–Crippen MR) is 82.2 cm³/mol. The zero-order chi connectivity index (χ0) is 15.7. The molecule has 118 valence electrons. The second kappa shape index (κ2) is 5.78. The van der Waals surface area contributed by atoms with Crippen molar-refractivity contribution in [2.75, 3.05) is 14.2 Å². The van der Waals surface area contributed by atoms with Gasteiger partial charge in [-0.05, 0) is 25.0 Å². The number of nitrogens with two attached hydrogens (primary N) is 1. The molecular formula is C15H18ClN3O3. The number of hydrogen-bond donors (Lipinski definition) is 1. The fraction of sp³-hybridized carbons (Fsp3) is 0.467. The lowest BCUT2D eigenvalue weighted by atomic mass is 9.99. The first-order chi connectivity index (χ1) is 10.6. The molecular weight excluding hydrogens is 306 g/mol. The van der Waals surface area contributed by atoms with Crippen LogP contribution < -0.4 is 15.2 Å².